The molecule has 3 N–H and O–H groups in total. The van der Waals surface area contributed by atoms with Crippen molar-refractivity contribution in [1.82, 2.24) is 10.4 Å². The Bertz CT molecular complexity index is 1070. The van der Waals surface area contributed by atoms with E-state index in [-0.39, 0.29) is 12.3 Å². The Kier molecular flexibility index (Phi) is 7.48. The van der Waals surface area contributed by atoms with Crippen LogP contribution in [-0.2, 0) is 11.2 Å². The minimum atomic E-state index is -0.234. The van der Waals surface area contributed by atoms with E-state index >= 15 is 0 Å². The van der Waals surface area contributed by atoms with Crippen LogP contribution in [0, 0.1) is 0 Å². The maximum absolute atomic E-state index is 12.2. The second-order valence-electron chi connectivity index (χ2n) is 6.44. The fourth-order valence-electron chi connectivity index (χ4n) is 2.77. The van der Waals surface area contributed by atoms with Crippen LogP contribution in [0.5, 0.6) is 11.5 Å². The third kappa shape index (κ3) is 5.61. The molecule has 0 aliphatic heterocycles. The molecule has 0 atom stereocenters. The van der Waals surface area contributed by atoms with Crippen LogP contribution in [-0.4, -0.2) is 30.3 Å². The smallest absolute Gasteiger partial charge is 0.244 e. The van der Waals surface area contributed by atoms with E-state index in [1.54, 1.807) is 12.1 Å². The molecule has 1 amide bonds. The lowest BCUT2D eigenvalue weighted by atomic mass is 10.1. The standard InChI is InChI=1S/C21H23ClN4O3S/c1-3-7-29-20-15(22)8-14(9-17(20)28-4-2)12-24-26-19(27)11-13-5-6-16-18(10-13)30-21(23)25-16/h5-6,8-10,12H,3-4,7,11H2,1-2H3,(H2,23,25)(H,26,27)/b24-12-. The largest absolute Gasteiger partial charge is 0.490 e. The Morgan fingerprint density at radius 1 is 1.30 bits per heavy atom. The second-order valence-corrected chi connectivity index (χ2v) is 7.91. The highest BCUT2D eigenvalue weighted by Crippen LogP contribution is 2.36. The number of fused-ring (bicyclic) bond motifs is 1. The summed E-state index contributed by atoms with van der Waals surface area (Å²) in [5.74, 6) is 0.825. The Balaban J connectivity index is 1.65. The highest BCUT2D eigenvalue weighted by Gasteiger charge is 2.12. The van der Waals surface area contributed by atoms with Crippen LogP contribution in [0.4, 0.5) is 5.13 Å². The summed E-state index contributed by atoms with van der Waals surface area (Å²) in [5, 5.41) is 4.97. The van der Waals surface area contributed by atoms with Crippen molar-refractivity contribution in [2.24, 2.45) is 5.10 Å². The van der Waals surface area contributed by atoms with Gasteiger partial charge in [-0.05, 0) is 48.7 Å². The summed E-state index contributed by atoms with van der Waals surface area (Å²) in [5.41, 5.74) is 10.6. The van der Waals surface area contributed by atoms with Gasteiger partial charge < -0.3 is 15.2 Å². The van der Waals surface area contributed by atoms with Gasteiger partial charge in [0, 0.05) is 0 Å². The van der Waals surface area contributed by atoms with Crippen LogP contribution >= 0.6 is 22.9 Å². The van der Waals surface area contributed by atoms with Crippen LogP contribution in [0.2, 0.25) is 5.02 Å². The number of thiazole rings is 1. The molecule has 158 valence electrons. The Labute approximate surface area is 183 Å². The van der Waals surface area contributed by atoms with E-state index in [0.717, 1.165) is 22.2 Å². The molecule has 0 saturated heterocycles. The van der Waals surface area contributed by atoms with Gasteiger partial charge in [-0.2, -0.15) is 5.10 Å². The average molecular weight is 447 g/mol. The third-order valence-electron chi connectivity index (χ3n) is 4.02. The number of hydrogen-bond acceptors (Lipinski definition) is 7. The van der Waals surface area contributed by atoms with Crippen molar-refractivity contribution < 1.29 is 14.3 Å². The molecule has 3 aromatic rings. The molecule has 0 aliphatic carbocycles. The maximum atomic E-state index is 12.2. The number of anilines is 1. The van der Waals surface area contributed by atoms with E-state index in [2.05, 4.69) is 15.5 Å². The summed E-state index contributed by atoms with van der Waals surface area (Å²) >= 11 is 7.73. The van der Waals surface area contributed by atoms with Crippen molar-refractivity contribution in [1.29, 1.82) is 0 Å². The minimum Gasteiger partial charge on any atom is -0.490 e. The van der Waals surface area contributed by atoms with Crippen molar-refractivity contribution in [2.45, 2.75) is 26.7 Å². The van der Waals surface area contributed by atoms with Crippen LogP contribution in [0.1, 0.15) is 31.4 Å². The molecular weight excluding hydrogens is 424 g/mol. The number of ether oxygens (including phenoxy) is 2. The molecule has 1 heterocycles. The first kappa shape index (κ1) is 21.9. The second kappa shape index (κ2) is 10.3. The monoisotopic (exact) mass is 446 g/mol. The number of amides is 1. The molecule has 7 nitrogen and oxygen atoms in total. The molecule has 0 bridgehead atoms. The lowest BCUT2D eigenvalue weighted by molar-refractivity contribution is -0.120. The molecular formula is C21H23ClN4O3S. The third-order valence-corrected chi connectivity index (χ3v) is 5.15. The van der Waals surface area contributed by atoms with Crippen LogP contribution in [0.25, 0.3) is 10.2 Å². The number of nitrogens with two attached hydrogens (primary N) is 1. The van der Waals surface area contributed by atoms with Crippen molar-refractivity contribution >= 4 is 50.4 Å². The van der Waals surface area contributed by atoms with Gasteiger partial charge in [-0.3, -0.25) is 4.79 Å². The molecule has 3 rings (SSSR count). The zero-order valence-electron chi connectivity index (χ0n) is 16.8. The zero-order chi connectivity index (χ0) is 21.5. The van der Waals surface area contributed by atoms with Crippen LogP contribution in [0.15, 0.2) is 35.4 Å². The molecule has 1 aromatic heterocycles. The molecule has 0 fully saturated rings. The highest BCUT2D eigenvalue weighted by atomic mass is 35.5. The Hall–Kier alpha value is -2.84. The van der Waals surface area contributed by atoms with Gasteiger partial charge in [-0.15, -0.1) is 0 Å². The molecule has 0 spiro atoms. The number of nitrogen functional groups attached to an aromatic ring is 1. The van der Waals surface area contributed by atoms with Gasteiger partial charge in [0.25, 0.3) is 0 Å². The first-order valence-electron chi connectivity index (χ1n) is 9.56. The quantitative estimate of drug-likeness (QED) is 0.374. The predicted molar refractivity (Wildman–Crippen MR) is 122 cm³/mol. The molecule has 0 aliphatic rings. The van der Waals surface area contributed by atoms with Gasteiger partial charge in [0.05, 0.1) is 41.1 Å². The van der Waals surface area contributed by atoms with Crippen molar-refractivity contribution in [3.05, 3.63) is 46.5 Å². The van der Waals surface area contributed by atoms with Gasteiger partial charge in [0.15, 0.2) is 16.6 Å². The van der Waals surface area contributed by atoms with E-state index in [0.29, 0.717) is 40.4 Å². The summed E-state index contributed by atoms with van der Waals surface area (Å²) < 4.78 is 12.3. The van der Waals surface area contributed by atoms with E-state index in [9.17, 15) is 4.79 Å². The normalized spacial score (nSPS) is 11.2. The van der Waals surface area contributed by atoms with Gasteiger partial charge in [0.1, 0.15) is 0 Å². The average Bonchev–Trinajstić information content (AvgIpc) is 3.07. The number of aromatic nitrogens is 1. The fourth-order valence-corrected chi connectivity index (χ4v) is 3.84. The number of carbonyl (C=O) groups excluding carboxylic acids is 1. The number of hydrogen-bond donors (Lipinski definition) is 2. The highest BCUT2D eigenvalue weighted by molar-refractivity contribution is 7.22. The number of nitrogens with one attached hydrogen (secondary N) is 1. The number of hydrazone groups is 1. The Morgan fingerprint density at radius 3 is 2.90 bits per heavy atom. The zero-order valence-corrected chi connectivity index (χ0v) is 18.3. The van der Waals surface area contributed by atoms with E-state index < -0.39 is 0 Å². The topological polar surface area (TPSA) is 98.8 Å². The number of benzene rings is 2. The lowest BCUT2D eigenvalue weighted by Gasteiger charge is -2.13. The van der Waals surface area contributed by atoms with Gasteiger partial charge in [-0.1, -0.05) is 35.9 Å². The van der Waals surface area contributed by atoms with Gasteiger partial charge in [-0.25, -0.2) is 10.4 Å². The number of carbonyl (C=O) groups is 1. The van der Waals surface area contributed by atoms with Crippen molar-refractivity contribution in [3.8, 4) is 11.5 Å². The van der Waals surface area contributed by atoms with Gasteiger partial charge in [0.2, 0.25) is 5.91 Å². The summed E-state index contributed by atoms with van der Waals surface area (Å²) in [7, 11) is 0. The molecule has 9 heteroatoms. The van der Waals surface area contributed by atoms with Crippen LogP contribution < -0.4 is 20.6 Å². The first-order valence-corrected chi connectivity index (χ1v) is 10.8. The molecule has 0 unspecified atom stereocenters. The Morgan fingerprint density at radius 2 is 2.13 bits per heavy atom. The van der Waals surface area contributed by atoms with E-state index in [4.69, 9.17) is 26.8 Å². The van der Waals surface area contributed by atoms with E-state index in [1.807, 2.05) is 32.0 Å². The number of rotatable bonds is 9. The summed E-state index contributed by atoms with van der Waals surface area (Å²) in [6, 6.07) is 9.11. The van der Waals surface area contributed by atoms with Crippen molar-refractivity contribution in [2.75, 3.05) is 18.9 Å². The maximum Gasteiger partial charge on any atom is 0.244 e. The van der Waals surface area contributed by atoms with Gasteiger partial charge >= 0.3 is 0 Å². The summed E-state index contributed by atoms with van der Waals surface area (Å²) in [4.78, 5) is 16.4. The molecule has 30 heavy (non-hydrogen) atoms. The van der Waals surface area contributed by atoms with Crippen molar-refractivity contribution in [3.63, 3.8) is 0 Å². The fraction of sp³-hybridized carbons (Fsp3) is 0.286. The number of nitrogens with zero attached hydrogens (tertiary/aromatic N) is 2. The molecule has 0 saturated carbocycles. The summed E-state index contributed by atoms with van der Waals surface area (Å²) in [6.07, 6.45) is 2.57. The number of halogens is 1. The minimum absolute atomic E-state index is 0.194. The van der Waals surface area contributed by atoms with Crippen LogP contribution in [0.3, 0.4) is 0 Å². The molecule has 0 radical (unpaired) electrons. The summed E-state index contributed by atoms with van der Waals surface area (Å²) in [6.45, 7) is 4.92. The predicted octanol–water partition coefficient (Wildman–Crippen LogP) is 4.41. The molecule has 2 aromatic carbocycles. The lowest BCUT2D eigenvalue weighted by Crippen LogP contribution is -2.19. The first-order chi connectivity index (χ1) is 14.5. The SMILES string of the molecule is CCCOc1c(Cl)cc(/C=N\NC(=O)Cc2ccc3nc(N)sc3c2)cc1OCC. The van der Waals surface area contributed by atoms with E-state index in [1.165, 1.54) is 17.6 Å².